The molecule has 0 spiro atoms. The molecule has 0 aliphatic rings. The van der Waals surface area contributed by atoms with E-state index in [1.165, 1.54) is 19.5 Å². The number of carbonyl (C=O) groups is 1. The number of hydrogen-bond acceptors (Lipinski definition) is 4. The number of para-hydroxylation sites is 2. The van der Waals surface area contributed by atoms with E-state index in [9.17, 15) is 4.79 Å². The summed E-state index contributed by atoms with van der Waals surface area (Å²) < 4.78 is 5.19. The number of pyridine rings is 1. The van der Waals surface area contributed by atoms with Crippen molar-refractivity contribution in [2.45, 2.75) is 0 Å². The summed E-state index contributed by atoms with van der Waals surface area (Å²) in [6.45, 7) is -0.275. The van der Waals surface area contributed by atoms with Gasteiger partial charge in [-0.2, -0.15) is 0 Å². The number of aromatic nitrogens is 1. The van der Waals surface area contributed by atoms with Crippen molar-refractivity contribution in [3.05, 3.63) is 53.9 Å². The molecule has 1 aromatic carbocycles. The number of aliphatic hydroxyl groups excluding tert-OH is 1. The third-order valence-electron chi connectivity index (χ3n) is 2.72. The van der Waals surface area contributed by atoms with E-state index >= 15 is 0 Å². The zero-order valence-electron chi connectivity index (χ0n) is 11.5. The number of hydrogen-bond donors (Lipinski definition) is 2. The lowest BCUT2D eigenvalue weighted by Crippen LogP contribution is -2.14. The maximum atomic E-state index is 12.3. The van der Waals surface area contributed by atoms with Crippen LogP contribution in [-0.2, 0) is 0 Å². The first-order valence-corrected chi connectivity index (χ1v) is 6.24. The number of rotatable bonds is 3. The summed E-state index contributed by atoms with van der Waals surface area (Å²) >= 11 is 0. The molecule has 0 atom stereocenters. The smallest absolute Gasteiger partial charge is 0.257 e. The number of carbonyl (C=O) groups excluding carboxylic acids is 1. The summed E-state index contributed by atoms with van der Waals surface area (Å²) in [6.07, 6.45) is 3.00. The van der Waals surface area contributed by atoms with Gasteiger partial charge in [0, 0.05) is 12.4 Å². The van der Waals surface area contributed by atoms with E-state index in [0.717, 1.165) is 0 Å². The topological polar surface area (TPSA) is 71.5 Å². The number of nitrogens with zero attached hydrogens (tertiary/aromatic N) is 1. The minimum atomic E-state index is -0.316. The number of amides is 1. The third-order valence-corrected chi connectivity index (χ3v) is 2.72. The summed E-state index contributed by atoms with van der Waals surface area (Å²) in [4.78, 5) is 16.3. The Balaban J connectivity index is 2.29. The Bertz CT molecular complexity index is 702. The zero-order valence-corrected chi connectivity index (χ0v) is 11.5. The van der Waals surface area contributed by atoms with Gasteiger partial charge in [-0.15, -0.1) is 0 Å². The molecule has 0 unspecified atom stereocenters. The Morgan fingerprint density at radius 1 is 1.38 bits per heavy atom. The molecule has 2 aromatic rings. The molecule has 106 valence electrons. The van der Waals surface area contributed by atoms with Gasteiger partial charge in [0.2, 0.25) is 0 Å². The van der Waals surface area contributed by atoms with Gasteiger partial charge in [0.25, 0.3) is 5.91 Å². The molecule has 1 amide bonds. The zero-order chi connectivity index (χ0) is 15.1. The third kappa shape index (κ3) is 3.59. The Labute approximate surface area is 122 Å². The second kappa shape index (κ2) is 7.08. The molecule has 5 nitrogen and oxygen atoms in total. The fourth-order valence-electron chi connectivity index (χ4n) is 1.76. The van der Waals surface area contributed by atoms with E-state index in [-0.39, 0.29) is 12.5 Å². The molecule has 2 rings (SSSR count). The van der Waals surface area contributed by atoms with Crippen LogP contribution in [0.3, 0.4) is 0 Å². The average Bonchev–Trinajstić information content (AvgIpc) is 2.53. The van der Waals surface area contributed by atoms with Gasteiger partial charge in [0.1, 0.15) is 12.4 Å². The van der Waals surface area contributed by atoms with Crippen LogP contribution in [0.2, 0.25) is 0 Å². The second-order valence-corrected chi connectivity index (χ2v) is 4.04. The van der Waals surface area contributed by atoms with Crippen LogP contribution in [0.5, 0.6) is 5.75 Å². The molecule has 0 bridgehead atoms. The fraction of sp³-hybridized carbons (Fsp3) is 0.125. The first-order chi connectivity index (χ1) is 10.3. The lowest BCUT2D eigenvalue weighted by atomic mass is 10.1. The van der Waals surface area contributed by atoms with E-state index in [0.29, 0.717) is 22.6 Å². The Hall–Kier alpha value is -2.84. The normalized spacial score (nSPS) is 9.43. The summed E-state index contributed by atoms with van der Waals surface area (Å²) in [6, 6.07) is 8.70. The van der Waals surface area contributed by atoms with Crippen LogP contribution in [0.25, 0.3) is 0 Å². The van der Waals surface area contributed by atoms with Gasteiger partial charge in [-0.1, -0.05) is 24.0 Å². The fourth-order valence-corrected chi connectivity index (χ4v) is 1.76. The van der Waals surface area contributed by atoms with Crippen LogP contribution in [0.15, 0.2) is 42.7 Å². The Morgan fingerprint density at radius 2 is 2.19 bits per heavy atom. The van der Waals surface area contributed by atoms with E-state index in [2.05, 4.69) is 22.1 Å². The van der Waals surface area contributed by atoms with Gasteiger partial charge < -0.3 is 15.2 Å². The van der Waals surface area contributed by atoms with E-state index in [1.807, 2.05) is 6.07 Å². The molecule has 5 heteroatoms. The van der Waals surface area contributed by atoms with E-state index in [4.69, 9.17) is 9.84 Å². The molecule has 0 aliphatic carbocycles. The van der Waals surface area contributed by atoms with Gasteiger partial charge in [-0.05, 0) is 18.2 Å². The van der Waals surface area contributed by atoms with Crippen molar-refractivity contribution in [1.82, 2.24) is 4.98 Å². The lowest BCUT2D eigenvalue weighted by molar-refractivity contribution is 0.102. The summed E-state index contributed by atoms with van der Waals surface area (Å²) in [5.74, 6) is 5.47. The molecule has 0 aliphatic heterocycles. The molecule has 0 saturated heterocycles. The summed E-state index contributed by atoms with van der Waals surface area (Å²) in [5, 5.41) is 11.5. The number of nitrogens with one attached hydrogen (secondary N) is 1. The minimum absolute atomic E-state index is 0.275. The molecule has 1 heterocycles. The quantitative estimate of drug-likeness (QED) is 0.840. The first kappa shape index (κ1) is 14.6. The average molecular weight is 282 g/mol. The predicted molar refractivity (Wildman–Crippen MR) is 79.1 cm³/mol. The Morgan fingerprint density at radius 3 is 2.95 bits per heavy atom. The molecule has 21 heavy (non-hydrogen) atoms. The first-order valence-electron chi connectivity index (χ1n) is 6.24. The number of methoxy groups -OCH3 is 1. The molecule has 0 radical (unpaired) electrons. The van der Waals surface area contributed by atoms with Crippen molar-refractivity contribution >= 4 is 11.6 Å². The molecule has 0 saturated carbocycles. The number of aliphatic hydroxyl groups is 1. The summed E-state index contributed by atoms with van der Waals surface area (Å²) in [7, 11) is 1.54. The van der Waals surface area contributed by atoms with Gasteiger partial charge >= 0.3 is 0 Å². The van der Waals surface area contributed by atoms with Gasteiger partial charge in [0.05, 0.1) is 23.9 Å². The highest BCUT2D eigenvalue weighted by atomic mass is 16.5. The van der Waals surface area contributed by atoms with Crippen molar-refractivity contribution in [3.63, 3.8) is 0 Å². The van der Waals surface area contributed by atoms with Crippen LogP contribution >= 0.6 is 0 Å². The van der Waals surface area contributed by atoms with Crippen molar-refractivity contribution in [3.8, 4) is 17.6 Å². The van der Waals surface area contributed by atoms with Crippen LogP contribution in [0.4, 0.5) is 5.69 Å². The SMILES string of the molecule is COc1ccccc1NC(=O)c1ccncc1C#CCO. The molecule has 0 fully saturated rings. The van der Waals surface area contributed by atoms with Crippen LogP contribution in [-0.4, -0.2) is 29.7 Å². The number of ether oxygens (including phenoxy) is 1. The van der Waals surface area contributed by atoms with Crippen molar-refractivity contribution in [2.24, 2.45) is 0 Å². The van der Waals surface area contributed by atoms with Crippen molar-refractivity contribution in [2.75, 3.05) is 19.0 Å². The maximum absolute atomic E-state index is 12.3. The summed E-state index contributed by atoms with van der Waals surface area (Å²) in [5.41, 5.74) is 1.42. The second-order valence-electron chi connectivity index (χ2n) is 4.04. The van der Waals surface area contributed by atoms with E-state index in [1.54, 1.807) is 24.3 Å². The van der Waals surface area contributed by atoms with Crippen LogP contribution < -0.4 is 10.1 Å². The largest absolute Gasteiger partial charge is 0.495 e. The van der Waals surface area contributed by atoms with Crippen molar-refractivity contribution in [1.29, 1.82) is 0 Å². The van der Waals surface area contributed by atoms with Crippen LogP contribution in [0, 0.1) is 11.8 Å². The highest BCUT2D eigenvalue weighted by Crippen LogP contribution is 2.23. The molecular weight excluding hydrogens is 268 g/mol. The molecule has 2 N–H and O–H groups in total. The predicted octanol–water partition coefficient (Wildman–Crippen LogP) is 1.69. The van der Waals surface area contributed by atoms with Gasteiger partial charge in [-0.25, -0.2) is 0 Å². The standard InChI is InChI=1S/C16H14N2O3/c1-21-15-7-3-2-6-14(15)18-16(20)13-8-9-17-11-12(13)5-4-10-19/h2-3,6-9,11,19H,10H2,1H3,(H,18,20). The van der Waals surface area contributed by atoms with Gasteiger partial charge in [-0.3, -0.25) is 9.78 Å². The van der Waals surface area contributed by atoms with E-state index < -0.39 is 0 Å². The van der Waals surface area contributed by atoms with Crippen molar-refractivity contribution < 1.29 is 14.6 Å². The number of benzene rings is 1. The number of anilines is 1. The lowest BCUT2D eigenvalue weighted by Gasteiger charge is -2.10. The highest BCUT2D eigenvalue weighted by Gasteiger charge is 2.12. The van der Waals surface area contributed by atoms with Crippen LogP contribution in [0.1, 0.15) is 15.9 Å². The maximum Gasteiger partial charge on any atom is 0.257 e. The highest BCUT2D eigenvalue weighted by molar-refractivity contribution is 6.06. The molecule has 1 aromatic heterocycles. The molecular formula is C16H14N2O3. The Kier molecular flexibility index (Phi) is 4.91. The monoisotopic (exact) mass is 282 g/mol. The van der Waals surface area contributed by atoms with Gasteiger partial charge in [0.15, 0.2) is 0 Å². The minimum Gasteiger partial charge on any atom is -0.495 e.